The quantitative estimate of drug-likeness (QED) is 0.888. The maximum Gasteiger partial charge on any atom is 0.219 e. The van der Waals surface area contributed by atoms with E-state index in [9.17, 15) is 4.79 Å². The minimum atomic E-state index is 0.163. The fourth-order valence-electron chi connectivity index (χ4n) is 2.47. The molecule has 1 fully saturated rings. The molecule has 0 bridgehead atoms. The Kier molecular flexibility index (Phi) is 4.89. The fraction of sp³-hybridized carbons (Fsp3) is 0.643. The van der Waals surface area contributed by atoms with Crippen LogP contribution in [-0.4, -0.2) is 58.9 Å². The van der Waals surface area contributed by atoms with E-state index in [4.69, 9.17) is 0 Å². The first kappa shape index (κ1) is 14.7. The van der Waals surface area contributed by atoms with Crippen LogP contribution >= 0.6 is 0 Å². The molecule has 1 aromatic rings. The van der Waals surface area contributed by atoms with Crippen LogP contribution in [0.5, 0.6) is 0 Å². The Morgan fingerprint density at radius 1 is 1.30 bits per heavy atom. The molecule has 0 spiro atoms. The number of nitrogens with zero attached hydrogens (tertiary/aromatic N) is 4. The Hall–Kier alpha value is -1.69. The Morgan fingerprint density at radius 2 is 2.10 bits per heavy atom. The third-order valence-electron chi connectivity index (χ3n) is 3.56. The van der Waals surface area contributed by atoms with Crippen LogP contribution in [-0.2, 0) is 11.3 Å². The van der Waals surface area contributed by atoms with E-state index in [0.717, 1.165) is 56.5 Å². The molecule has 1 aliphatic heterocycles. The average Bonchev–Trinajstić information content (AvgIpc) is 2.63. The zero-order valence-electron chi connectivity index (χ0n) is 12.5. The maximum absolute atomic E-state index is 11.4. The van der Waals surface area contributed by atoms with Gasteiger partial charge in [0.15, 0.2) is 0 Å². The van der Waals surface area contributed by atoms with Crippen LogP contribution in [0.4, 0.5) is 5.82 Å². The fourth-order valence-corrected chi connectivity index (χ4v) is 2.47. The summed E-state index contributed by atoms with van der Waals surface area (Å²) in [7, 11) is 1.86. The number of rotatable bonds is 3. The van der Waals surface area contributed by atoms with Gasteiger partial charge in [-0.25, -0.2) is 9.97 Å². The number of hydrogen-bond acceptors (Lipinski definition) is 5. The van der Waals surface area contributed by atoms with Crippen LogP contribution in [0.15, 0.2) is 6.07 Å². The van der Waals surface area contributed by atoms with Gasteiger partial charge < -0.3 is 10.2 Å². The Balaban J connectivity index is 1.99. The van der Waals surface area contributed by atoms with Crippen LogP contribution in [0.2, 0.25) is 0 Å². The normalized spacial score (nSPS) is 16.9. The van der Waals surface area contributed by atoms with E-state index in [1.807, 2.05) is 24.9 Å². The van der Waals surface area contributed by atoms with E-state index < -0.39 is 0 Å². The van der Waals surface area contributed by atoms with Crippen molar-refractivity contribution in [2.45, 2.75) is 26.8 Å². The monoisotopic (exact) mass is 277 g/mol. The van der Waals surface area contributed by atoms with Crippen molar-refractivity contribution >= 4 is 11.7 Å². The molecular weight excluding hydrogens is 254 g/mol. The van der Waals surface area contributed by atoms with Gasteiger partial charge in [0.05, 0.1) is 6.54 Å². The molecule has 6 nitrogen and oxygen atoms in total. The number of amides is 1. The van der Waals surface area contributed by atoms with Gasteiger partial charge in [0, 0.05) is 51.9 Å². The summed E-state index contributed by atoms with van der Waals surface area (Å²) in [6.07, 6.45) is 1.00. The third kappa shape index (κ3) is 3.90. The average molecular weight is 277 g/mol. The van der Waals surface area contributed by atoms with Gasteiger partial charge in [-0.2, -0.15) is 0 Å². The Bertz CT molecular complexity index is 477. The Morgan fingerprint density at radius 3 is 2.80 bits per heavy atom. The minimum Gasteiger partial charge on any atom is -0.373 e. The molecule has 20 heavy (non-hydrogen) atoms. The molecule has 0 radical (unpaired) electrons. The molecule has 1 saturated heterocycles. The van der Waals surface area contributed by atoms with Crippen LogP contribution in [0.1, 0.15) is 24.9 Å². The lowest BCUT2D eigenvalue weighted by molar-refractivity contribution is -0.128. The SMILES string of the molecule is CNc1cc(C)nc(CN2CCCN(C(C)=O)CC2)n1. The molecule has 0 aromatic carbocycles. The molecule has 0 unspecified atom stereocenters. The van der Waals surface area contributed by atoms with Crippen molar-refractivity contribution in [2.75, 3.05) is 38.5 Å². The van der Waals surface area contributed by atoms with Gasteiger partial charge in [-0.1, -0.05) is 0 Å². The summed E-state index contributed by atoms with van der Waals surface area (Å²) in [6.45, 7) is 7.86. The van der Waals surface area contributed by atoms with Gasteiger partial charge in [0.2, 0.25) is 5.91 Å². The number of hydrogen-bond donors (Lipinski definition) is 1. The predicted molar refractivity (Wildman–Crippen MR) is 78.5 cm³/mol. The first-order valence-electron chi connectivity index (χ1n) is 7.08. The Labute approximate surface area is 120 Å². The number of aryl methyl sites for hydroxylation is 1. The maximum atomic E-state index is 11.4. The summed E-state index contributed by atoms with van der Waals surface area (Å²) in [6, 6.07) is 1.93. The van der Waals surface area contributed by atoms with Crippen molar-refractivity contribution < 1.29 is 4.79 Å². The van der Waals surface area contributed by atoms with E-state index >= 15 is 0 Å². The first-order valence-corrected chi connectivity index (χ1v) is 7.08. The molecule has 1 aliphatic rings. The second-order valence-corrected chi connectivity index (χ2v) is 5.20. The van der Waals surface area contributed by atoms with Gasteiger partial charge >= 0.3 is 0 Å². The molecule has 6 heteroatoms. The van der Waals surface area contributed by atoms with Gasteiger partial charge in [0.25, 0.3) is 0 Å². The topological polar surface area (TPSA) is 61.4 Å². The highest BCUT2D eigenvalue weighted by Gasteiger charge is 2.17. The summed E-state index contributed by atoms with van der Waals surface area (Å²) in [5, 5.41) is 3.06. The number of aromatic nitrogens is 2. The van der Waals surface area contributed by atoms with Crippen LogP contribution in [0, 0.1) is 6.92 Å². The second-order valence-electron chi connectivity index (χ2n) is 5.20. The van der Waals surface area contributed by atoms with E-state index in [2.05, 4.69) is 20.2 Å². The second kappa shape index (κ2) is 6.65. The standard InChI is InChI=1S/C14H23N5O/c1-11-9-13(15-3)17-14(16-11)10-18-5-4-6-19(8-7-18)12(2)20/h9H,4-8,10H2,1-3H3,(H,15,16,17). The molecule has 0 atom stereocenters. The summed E-state index contributed by atoms with van der Waals surface area (Å²) in [4.78, 5) is 24.6. The van der Waals surface area contributed by atoms with Crippen LogP contribution in [0.25, 0.3) is 0 Å². The minimum absolute atomic E-state index is 0.163. The van der Waals surface area contributed by atoms with E-state index in [1.165, 1.54) is 0 Å². The third-order valence-corrected chi connectivity index (χ3v) is 3.56. The summed E-state index contributed by atoms with van der Waals surface area (Å²) in [5.74, 6) is 1.86. The molecule has 2 heterocycles. The van der Waals surface area contributed by atoms with Crippen molar-refractivity contribution in [1.29, 1.82) is 0 Å². The van der Waals surface area contributed by atoms with Crippen LogP contribution in [0.3, 0.4) is 0 Å². The molecule has 110 valence electrons. The largest absolute Gasteiger partial charge is 0.373 e. The van der Waals surface area contributed by atoms with Crippen molar-refractivity contribution in [3.63, 3.8) is 0 Å². The van der Waals surface area contributed by atoms with Gasteiger partial charge in [-0.05, 0) is 13.3 Å². The van der Waals surface area contributed by atoms with Crippen LogP contribution < -0.4 is 5.32 Å². The lowest BCUT2D eigenvalue weighted by atomic mass is 10.3. The van der Waals surface area contributed by atoms with Crippen molar-refractivity contribution in [3.8, 4) is 0 Å². The molecule has 0 aliphatic carbocycles. The lowest BCUT2D eigenvalue weighted by Crippen LogP contribution is -2.33. The highest BCUT2D eigenvalue weighted by molar-refractivity contribution is 5.73. The number of anilines is 1. The number of nitrogens with one attached hydrogen (secondary N) is 1. The summed E-state index contributed by atoms with van der Waals surface area (Å²) < 4.78 is 0. The summed E-state index contributed by atoms with van der Waals surface area (Å²) in [5.41, 5.74) is 0.972. The van der Waals surface area contributed by atoms with Gasteiger partial charge in [0.1, 0.15) is 11.6 Å². The number of carbonyl (C=O) groups excluding carboxylic acids is 1. The number of carbonyl (C=O) groups is 1. The van der Waals surface area contributed by atoms with Gasteiger partial charge in [-0.3, -0.25) is 9.69 Å². The van der Waals surface area contributed by atoms with E-state index in [-0.39, 0.29) is 5.91 Å². The van der Waals surface area contributed by atoms with Crippen molar-refractivity contribution in [1.82, 2.24) is 19.8 Å². The lowest BCUT2D eigenvalue weighted by Gasteiger charge is -2.20. The molecular formula is C14H23N5O. The zero-order chi connectivity index (χ0) is 14.5. The smallest absolute Gasteiger partial charge is 0.219 e. The first-order chi connectivity index (χ1) is 9.58. The molecule has 2 rings (SSSR count). The van der Waals surface area contributed by atoms with E-state index in [0.29, 0.717) is 0 Å². The highest BCUT2D eigenvalue weighted by Crippen LogP contribution is 2.10. The molecule has 1 N–H and O–H groups in total. The zero-order valence-corrected chi connectivity index (χ0v) is 12.5. The highest BCUT2D eigenvalue weighted by atomic mass is 16.2. The van der Waals surface area contributed by atoms with Crippen molar-refractivity contribution in [2.24, 2.45) is 0 Å². The molecule has 1 amide bonds. The van der Waals surface area contributed by atoms with Crippen molar-refractivity contribution in [3.05, 3.63) is 17.6 Å². The summed E-state index contributed by atoms with van der Waals surface area (Å²) >= 11 is 0. The molecule has 0 saturated carbocycles. The predicted octanol–water partition coefficient (Wildman–Crippen LogP) is 0.881. The molecule has 1 aromatic heterocycles. The van der Waals surface area contributed by atoms with Gasteiger partial charge in [-0.15, -0.1) is 0 Å². The van der Waals surface area contributed by atoms with E-state index in [1.54, 1.807) is 6.92 Å².